The second-order valence-electron chi connectivity index (χ2n) is 8.26. The van der Waals surface area contributed by atoms with Crippen LogP contribution in [0.2, 0.25) is 0 Å². The molecule has 0 amide bonds. The number of hydrogen-bond acceptors (Lipinski definition) is 7. The van der Waals surface area contributed by atoms with Gasteiger partial charge in [-0.15, -0.1) is 12.4 Å². The molecule has 2 aromatic heterocycles. The van der Waals surface area contributed by atoms with Gasteiger partial charge in [-0.2, -0.15) is 0 Å². The molecule has 1 aliphatic rings. The first-order valence-corrected chi connectivity index (χ1v) is 12.1. The van der Waals surface area contributed by atoms with E-state index in [1.165, 1.54) is 19.2 Å². The summed E-state index contributed by atoms with van der Waals surface area (Å²) < 4.78 is 54.1. The van der Waals surface area contributed by atoms with Gasteiger partial charge in [-0.1, -0.05) is 0 Å². The number of halogens is 2. The highest BCUT2D eigenvalue weighted by Crippen LogP contribution is 2.31. The third-order valence-corrected chi connectivity index (χ3v) is 6.79. The monoisotopic (exact) mass is 510 g/mol. The molecule has 0 saturated carbocycles. The lowest BCUT2D eigenvalue weighted by Gasteiger charge is -2.37. The number of aromatic nitrogens is 1. The van der Waals surface area contributed by atoms with Crippen molar-refractivity contribution in [3.63, 3.8) is 0 Å². The summed E-state index contributed by atoms with van der Waals surface area (Å²) in [5.74, 6) is 1.08. The molecule has 1 fully saturated rings. The van der Waals surface area contributed by atoms with E-state index in [9.17, 15) is 12.8 Å². The van der Waals surface area contributed by atoms with Crippen LogP contribution in [0.3, 0.4) is 0 Å². The van der Waals surface area contributed by atoms with E-state index in [-0.39, 0.29) is 36.1 Å². The maximum absolute atomic E-state index is 14.9. The molecule has 0 bridgehead atoms. The van der Waals surface area contributed by atoms with Crippen molar-refractivity contribution in [3.05, 3.63) is 54.0 Å². The summed E-state index contributed by atoms with van der Waals surface area (Å²) in [6.07, 6.45) is 0. The lowest BCUT2D eigenvalue weighted by atomic mass is 10.1. The van der Waals surface area contributed by atoms with Crippen LogP contribution < -0.4 is 19.7 Å². The number of piperazine rings is 1. The number of anilines is 2. The van der Waals surface area contributed by atoms with Crippen LogP contribution in [-0.2, 0) is 10.0 Å². The highest BCUT2D eigenvalue weighted by molar-refractivity contribution is 7.92. The van der Waals surface area contributed by atoms with E-state index in [1.807, 2.05) is 0 Å². The van der Waals surface area contributed by atoms with Crippen LogP contribution in [0.25, 0.3) is 11.3 Å². The van der Waals surface area contributed by atoms with E-state index in [0.29, 0.717) is 22.9 Å². The smallest absolute Gasteiger partial charge is 0.266 e. The zero-order valence-corrected chi connectivity index (χ0v) is 21.0. The minimum atomic E-state index is -4.27. The van der Waals surface area contributed by atoms with E-state index in [0.717, 1.165) is 19.2 Å². The van der Waals surface area contributed by atoms with Crippen molar-refractivity contribution in [2.75, 3.05) is 29.8 Å². The number of furan rings is 1. The standard InChI is InChI=1S/C23H27FN4O4S.ClH/c1-14-12-28(13-15(2)25-14)22-10-8-20(31-4)23(26-22)27-33(29,30)21-9-6-17(11-18(21)24)19-7-5-16(3)32-19;/h5-11,14-15,25H,12-13H2,1-4H3,(H,26,27);1H/t14-,15+;. The van der Waals surface area contributed by atoms with Gasteiger partial charge in [-0.3, -0.25) is 4.72 Å². The van der Waals surface area contributed by atoms with Crippen molar-refractivity contribution in [1.29, 1.82) is 0 Å². The van der Waals surface area contributed by atoms with Gasteiger partial charge in [-0.25, -0.2) is 17.8 Å². The molecule has 1 aliphatic heterocycles. The van der Waals surface area contributed by atoms with Crippen molar-refractivity contribution in [3.8, 4) is 17.1 Å². The molecule has 3 heterocycles. The van der Waals surface area contributed by atoms with Crippen molar-refractivity contribution in [1.82, 2.24) is 10.3 Å². The molecule has 2 N–H and O–H groups in total. The fourth-order valence-corrected chi connectivity index (χ4v) is 5.08. The second kappa shape index (κ2) is 10.2. The first-order chi connectivity index (χ1) is 15.7. The summed E-state index contributed by atoms with van der Waals surface area (Å²) in [7, 11) is -2.85. The first-order valence-electron chi connectivity index (χ1n) is 10.6. The Kier molecular flexibility index (Phi) is 7.74. The largest absolute Gasteiger partial charge is 0.493 e. The number of rotatable bonds is 6. The Hall–Kier alpha value is -2.82. The van der Waals surface area contributed by atoms with Crippen LogP contribution in [0.5, 0.6) is 5.75 Å². The highest BCUT2D eigenvalue weighted by Gasteiger charge is 2.25. The van der Waals surface area contributed by atoms with Crippen LogP contribution in [0, 0.1) is 12.7 Å². The third kappa shape index (κ3) is 5.45. The van der Waals surface area contributed by atoms with Gasteiger partial charge in [-0.05, 0) is 63.2 Å². The van der Waals surface area contributed by atoms with Gasteiger partial charge in [0.2, 0.25) is 0 Å². The minimum Gasteiger partial charge on any atom is -0.493 e. The number of nitrogens with one attached hydrogen (secondary N) is 2. The Bertz CT molecular complexity index is 1260. The average molecular weight is 511 g/mol. The second-order valence-corrected chi connectivity index (χ2v) is 9.91. The maximum atomic E-state index is 14.9. The number of sulfonamides is 1. The summed E-state index contributed by atoms with van der Waals surface area (Å²) in [4.78, 5) is 6.07. The van der Waals surface area contributed by atoms with E-state index in [2.05, 4.69) is 33.8 Å². The molecule has 3 aromatic rings. The van der Waals surface area contributed by atoms with Gasteiger partial charge >= 0.3 is 0 Å². The molecule has 0 spiro atoms. The van der Waals surface area contributed by atoms with E-state index in [4.69, 9.17) is 9.15 Å². The van der Waals surface area contributed by atoms with Gasteiger partial charge < -0.3 is 19.4 Å². The molecule has 11 heteroatoms. The van der Waals surface area contributed by atoms with Gasteiger partial charge in [0.25, 0.3) is 10.0 Å². The maximum Gasteiger partial charge on any atom is 0.266 e. The van der Waals surface area contributed by atoms with Crippen LogP contribution in [0.1, 0.15) is 19.6 Å². The Morgan fingerprint density at radius 3 is 2.44 bits per heavy atom. The molecule has 2 atom stereocenters. The normalized spacial score (nSPS) is 18.3. The zero-order chi connectivity index (χ0) is 23.8. The molecule has 0 radical (unpaired) electrons. The zero-order valence-electron chi connectivity index (χ0n) is 19.3. The number of pyridine rings is 1. The molecule has 4 rings (SSSR count). The molecule has 1 aromatic carbocycles. The van der Waals surface area contributed by atoms with Crippen LogP contribution in [0.15, 0.2) is 51.8 Å². The van der Waals surface area contributed by atoms with E-state index in [1.54, 1.807) is 31.2 Å². The average Bonchev–Trinajstić information content (AvgIpc) is 3.19. The number of nitrogens with zero attached hydrogens (tertiary/aromatic N) is 2. The Balaban J connectivity index is 0.00000324. The number of benzene rings is 1. The van der Waals surface area contributed by atoms with Crippen LogP contribution in [0.4, 0.5) is 16.0 Å². The molecule has 34 heavy (non-hydrogen) atoms. The van der Waals surface area contributed by atoms with Crippen molar-refractivity contribution < 1.29 is 22.0 Å². The highest BCUT2D eigenvalue weighted by atomic mass is 35.5. The van der Waals surface area contributed by atoms with E-state index >= 15 is 0 Å². The first kappa shape index (κ1) is 25.8. The topological polar surface area (TPSA) is 96.7 Å². The number of methoxy groups -OCH3 is 1. The molecule has 8 nitrogen and oxygen atoms in total. The van der Waals surface area contributed by atoms with Gasteiger partial charge in [0.05, 0.1) is 7.11 Å². The Labute approximate surface area is 205 Å². The summed E-state index contributed by atoms with van der Waals surface area (Å²) >= 11 is 0. The lowest BCUT2D eigenvalue weighted by molar-refractivity contribution is 0.403. The Morgan fingerprint density at radius 2 is 1.85 bits per heavy atom. The summed E-state index contributed by atoms with van der Waals surface area (Å²) in [6, 6.07) is 11.2. The van der Waals surface area contributed by atoms with Crippen LogP contribution in [-0.4, -0.2) is 45.7 Å². The fraction of sp³-hybridized carbons (Fsp3) is 0.348. The summed E-state index contributed by atoms with van der Waals surface area (Å²) in [6.45, 7) is 7.37. The molecular weight excluding hydrogens is 483 g/mol. The SMILES string of the molecule is COc1ccc(N2C[C@@H](C)N[C@@H](C)C2)nc1NS(=O)(=O)c1ccc(-c2ccc(C)o2)cc1F.Cl. The molecule has 1 saturated heterocycles. The van der Waals surface area contributed by atoms with Gasteiger partial charge in [0.1, 0.15) is 28.1 Å². The Morgan fingerprint density at radius 1 is 1.15 bits per heavy atom. The lowest BCUT2D eigenvalue weighted by Crippen LogP contribution is -2.54. The van der Waals surface area contributed by atoms with E-state index < -0.39 is 20.7 Å². The molecule has 184 valence electrons. The molecule has 0 unspecified atom stereocenters. The van der Waals surface area contributed by atoms with Crippen molar-refractivity contribution >= 4 is 34.1 Å². The predicted molar refractivity (Wildman–Crippen MR) is 132 cm³/mol. The predicted octanol–water partition coefficient (Wildman–Crippen LogP) is 4.21. The van der Waals surface area contributed by atoms with Gasteiger partial charge in [0.15, 0.2) is 11.6 Å². The van der Waals surface area contributed by atoms with Gasteiger partial charge in [0, 0.05) is 30.7 Å². The van der Waals surface area contributed by atoms with Crippen LogP contribution >= 0.6 is 12.4 Å². The van der Waals surface area contributed by atoms with Crippen molar-refractivity contribution in [2.24, 2.45) is 0 Å². The quantitative estimate of drug-likeness (QED) is 0.512. The molecular formula is C23H28ClFN4O4S. The number of hydrogen-bond donors (Lipinski definition) is 2. The molecule has 0 aliphatic carbocycles. The fourth-order valence-electron chi connectivity index (χ4n) is 4.01. The third-order valence-electron chi connectivity index (χ3n) is 5.42. The number of aryl methyl sites for hydroxylation is 1. The summed E-state index contributed by atoms with van der Waals surface area (Å²) in [5, 5.41) is 3.45. The number of ether oxygens (including phenoxy) is 1. The minimum absolute atomic E-state index is 0. The van der Waals surface area contributed by atoms with Crippen molar-refractivity contribution in [2.45, 2.75) is 37.8 Å². The summed E-state index contributed by atoms with van der Waals surface area (Å²) in [5.41, 5.74) is 0.444.